The van der Waals surface area contributed by atoms with E-state index in [1.807, 2.05) is 0 Å². The zero-order chi connectivity index (χ0) is 8.32. The van der Waals surface area contributed by atoms with E-state index in [0.29, 0.717) is 13.0 Å². The fraction of sp³-hybridized carbons (Fsp3) is 0.571. The molecule has 62 valence electrons. The van der Waals surface area contributed by atoms with Crippen molar-refractivity contribution in [3.63, 3.8) is 0 Å². The third-order valence-electron chi connectivity index (χ3n) is 1.58. The minimum Gasteiger partial charge on any atom is -0.393 e. The lowest BCUT2D eigenvalue weighted by atomic mass is 10.3. The van der Waals surface area contributed by atoms with Gasteiger partial charge in [-0.3, -0.25) is 0 Å². The van der Waals surface area contributed by atoms with Crippen molar-refractivity contribution in [3.8, 4) is 0 Å². The van der Waals surface area contributed by atoms with Crippen molar-refractivity contribution in [2.75, 3.05) is 6.54 Å². The van der Waals surface area contributed by atoms with E-state index in [1.54, 1.807) is 19.3 Å². The molecule has 0 amide bonds. The molecule has 0 spiro atoms. The number of hydrogen-bond acceptors (Lipinski definition) is 3. The molecule has 1 aliphatic heterocycles. The topological polar surface area (TPSA) is 52.8 Å². The molecule has 11 heavy (non-hydrogen) atoms. The molecule has 2 unspecified atom stereocenters. The summed E-state index contributed by atoms with van der Waals surface area (Å²) >= 11 is 0. The monoisotopic (exact) mass is 157 g/mol. The maximum atomic E-state index is 9.53. The van der Waals surface area contributed by atoms with E-state index in [4.69, 9.17) is 5.11 Å². The average molecular weight is 157 g/mol. The first-order valence-electron chi connectivity index (χ1n) is 3.63. The number of hydrogen-bond donors (Lipinski definition) is 2. The van der Waals surface area contributed by atoms with E-state index >= 15 is 0 Å². The average Bonchev–Trinajstić information content (AvgIpc) is 2.33. The lowest BCUT2D eigenvalue weighted by Crippen LogP contribution is -2.37. The smallest absolute Gasteiger partial charge is 0.227 e. The Bertz CT molecular complexity index is 175. The van der Waals surface area contributed by atoms with Gasteiger partial charge in [-0.2, -0.15) is 0 Å². The number of hydroxylamine groups is 3. The van der Waals surface area contributed by atoms with Gasteiger partial charge in [0, 0.05) is 6.42 Å². The van der Waals surface area contributed by atoms with E-state index in [-0.39, 0.29) is 10.8 Å². The first-order valence-corrected chi connectivity index (χ1v) is 3.63. The molecule has 4 heteroatoms. The van der Waals surface area contributed by atoms with Crippen LogP contribution in [0.2, 0.25) is 0 Å². The van der Waals surface area contributed by atoms with Crippen molar-refractivity contribution in [2.24, 2.45) is 4.99 Å². The summed E-state index contributed by atoms with van der Waals surface area (Å²) in [5.41, 5.74) is 0. The third-order valence-corrected chi connectivity index (χ3v) is 1.58. The molecular weight excluding hydrogens is 144 g/mol. The molecule has 0 aliphatic carbocycles. The Morgan fingerprint density at radius 1 is 1.64 bits per heavy atom. The molecule has 2 atom stereocenters. The molecule has 0 aromatic rings. The Balaban J connectivity index is 2.36. The van der Waals surface area contributed by atoms with Gasteiger partial charge in [0.25, 0.3) is 0 Å². The van der Waals surface area contributed by atoms with E-state index in [2.05, 4.69) is 4.99 Å². The third kappa shape index (κ3) is 2.42. The predicted molar refractivity (Wildman–Crippen MR) is 40.8 cm³/mol. The van der Waals surface area contributed by atoms with Gasteiger partial charge >= 0.3 is 0 Å². The summed E-state index contributed by atoms with van der Waals surface area (Å²) in [6.07, 6.45) is 4.74. The molecule has 4 nitrogen and oxygen atoms in total. The van der Waals surface area contributed by atoms with Gasteiger partial charge < -0.3 is 5.11 Å². The zero-order valence-corrected chi connectivity index (χ0v) is 6.51. The summed E-state index contributed by atoms with van der Waals surface area (Å²) in [5, 5.41) is 18.5. The van der Waals surface area contributed by atoms with Crippen LogP contribution in [-0.2, 0) is 0 Å². The highest BCUT2D eigenvalue weighted by molar-refractivity contribution is 5.49. The van der Waals surface area contributed by atoms with Crippen LogP contribution in [0.4, 0.5) is 0 Å². The summed E-state index contributed by atoms with van der Waals surface area (Å²) < 4.78 is -0.287. The van der Waals surface area contributed by atoms with Gasteiger partial charge in [0.05, 0.1) is 12.3 Å². The van der Waals surface area contributed by atoms with E-state index < -0.39 is 0 Å². The molecule has 1 rings (SSSR count). The van der Waals surface area contributed by atoms with Gasteiger partial charge in [0.2, 0.25) is 6.34 Å². The molecule has 0 radical (unpaired) electrons. The van der Waals surface area contributed by atoms with Crippen LogP contribution in [0, 0.1) is 0 Å². The molecule has 0 saturated carbocycles. The minimum absolute atomic E-state index is 0.287. The summed E-state index contributed by atoms with van der Waals surface area (Å²) in [5.74, 6) is 0. The maximum Gasteiger partial charge on any atom is 0.227 e. The SMILES string of the molecule is CC(O)CC[N+]1(O)C=CN=C1. The first-order chi connectivity index (χ1) is 5.12. The summed E-state index contributed by atoms with van der Waals surface area (Å²) in [4.78, 5) is 3.75. The molecule has 0 aromatic heterocycles. The minimum atomic E-state index is -0.375. The molecule has 2 N–H and O–H groups in total. The van der Waals surface area contributed by atoms with Crippen LogP contribution in [0.5, 0.6) is 0 Å². The number of aliphatic hydroxyl groups excluding tert-OH is 1. The first kappa shape index (κ1) is 8.39. The van der Waals surface area contributed by atoms with Crippen LogP contribution in [-0.4, -0.2) is 33.9 Å². The Morgan fingerprint density at radius 2 is 2.36 bits per heavy atom. The van der Waals surface area contributed by atoms with Crippen LogP contribution in [0.15, 0.2) is 17.4 Å². The van der Waals surface area contributed by atoms with Gasteiger partial charge in [0.1, 0.15) is 6.54 Å². The van der Waals surface area contributed by atoms with E-state index in [1.165, 1.54) is 6.34 Å². The predicted octanol–water partition coefficient (Wildman–Crippen LogP) is 0.476. The highest BCUT2D eigenvalue weighted by Gasteiger charge is 2.23. The molecule has 0 saturated heterocycles. The second kappa shape index (κ2) is 3.13. The Morgan fingerprint density at radius 3 is 2.82 bits per heavy atom. The van der Waals surface area contributed by atoms with Gasteiger partial charge in [-0.25, -0.2) is 10.2 Å². The largest absolute Gasteiger partial charge is 0.393 e. The van der Waals surface area contributed by atoms with Crippen LogP contribution in [0.3, 0.4) is 0 Å². The van der Waals surface area contributed by atoms with Crippen molar-refractivity contribution < 1.29 is 15.0 Å². The lowest BCUT2D eigenvalue weighted by Gasteiger charge is -2.17. The van der Waals surface area contributed by atoms with Gasteiger partial charge in [-0.1, -0.05) is 0 Å². The maximum absolute atomic E-state index is 9.53. The molecular formula is C7H13N2O2+. The summed E-state index contributed by atoms with van der Waals surface area (Å²) in [6.45, 7) is 2.17. The van der Waals surface area contributed by atoms with Gasteiger partial charge in [-0.15, -0.1) is 4.65 Å². The number of aliphatic hydroxyl groups is 1. The molecule has 0 bridgehead atoms. The Kier molecular flexibility index (Phi) is 2.38. The highest BCUT2D eigenvalue weighted by atomic mass is 16.5. The second-order valence-electron chi connectivity index (χ2n) is 2.81. The molecule has 1 heterocycles. The van der Waals surface area contributed by atoms with Crippen LogP contribution >= 0.6 is 0 Å². The number of nitrogens with zero attached hydrogens (tertiary/aromatic N) is 2. The zero-order valence-electron chi connectivity index (χ0n) is 6.51. The van der Waals surface area contributed by atoms with Crippen molar-refractivity contribution in [2.45, 2.75) is 19.4 Å². The van der Waals surface area contributed by atoms with Crippen LogP contribution in [0.1, 0.15) is 13.3 Å². The van der Waals surface area contributed by atoms with Crippen molar-refractivity contribution in [1.82, 2.24) is 0 Å². The number of aliphatic imine (C=N–C) groups is 1. The van der Waals surface area contributed by atoms with Crippen molar-refractivity contribution in [1.29, 1.82) is 0 Å². The quantitative estimate of drug-likeness (QED) is 0.585. The number of quaternary nitrogens is 1. The fourth-order valence-electron chi connectivity index (χ4n) is 0.872. The normalized spacial score (nSPS) is 31.2. The van der Waals surface area contributed by atoms with Gasteiger partial charge in [0.15, 0.2) is 6.20 Å². The molecule has 0 fully saturated rings. The van der Waals surface area contributed by atoms with Crippen molar-refractivity contribution >= 4 is 6.34 Å². The van der Waals surface area contributed by atoms with Crippen LogP contribution < -0.4 is 0 Å². The lowest BCUT2D eigenvalue weighted by molar-refractivity contribution is -0.982. The number of rotatable bonds is 3. The standard InChI is InChI=1S/C7H13N2O2/c1-7(10)2-4-9(11)5-3-8-6-9/h3,5-7,10-11H,2,4H2,1H3/q+1. The van der Waals surface area contributed by atoms with Crippen LogP contribution in [0.25, 0.3) is 0 Å². The highest BCUT2D eigenvalue weighted by Crippen LogP contribution is 2.08. The Hall–Kier alpha value is -0.710. The molecule has 1 aliphatic rings. The second-order valence-corrected chi connectivity index (χ2v) is 2.81. The Labute approximate surface area is 65.6 Å². The summed E-state index contributed by atoms with van der Waals surface area (Å²) in [6, 6.07) is 0. The van der Waals surface area contributed by atoms with E-state index in [9.17, 15) is 5.21 Å². The molecule has 0 aromatic carbocycles. The van der Waals surface area contributed by atoms with Crippen molar-refractivity contribution in [3.05, 3.63) is 12.4 Å². The summed E-state index contributed by atoms with van der Waals surface area (Å²) in [7, 11) is 0. The fourth-order valence-corrected chi connectivity index (χ4v) is 0.872. The van der Waals surface area contributed by atoms with Gasteiger partial charge in [-0.05, 0) is 6.92 Å². The van der Waals surface area contributed by atoms with E-state index in [0.717, 1.165) is 0 Å².